The topological polar surface area (TPSA) is 59.2 Å². The van der Waals surface area contributed by atoms with Gasteiger partial charge in [0.1, 0.15) is 0 Å². The molecule has 1 saturated carbocycles. The number of likely N-dealkylation sites (tertiary alicyclic amines) is 1. The Morgan fingerprint density at radius 1 is 1.41 bits per heavy atom. The molecule has 0 aromatic carbocycles. The fourth-order valence-corrected chi connectivity index (χ4v) is 3.81. The van der Waals surface area contributed by atoms with Crippen LogP contribution in [0.25, 0.3) is 0 Å². The van der Waals surface area contributed by atoms with Gasteiger partial charge in [-0.2, -0.15) is 4.98 Å². The number of carbonyl (C=O) groups is 1. The van der Waals surface area contributed by atoms with Gasteiger partial charge in [-0.15, -0.1) is 11.3 Å². The van der Waals surface area contributed by atoms with Crippen LogP contribution in [0.2, 0.25) is 0 Å². The maximum Gasteiger partial charge on any atom is 0.240 e. The Labute approximate surface area is 133 Å². The molecule has 2 aromatic heterocycles. The third kappa shape index (κ3) is 2.98. The summed E-state index contributed by atoms with van der Waals surface area (Å²) in [6, 6.07) is 3.86. The fourth-order valence-electron chi connectivity index (χ4n) is 3.06. The van der Waals surface area contributed by atoms with Crippen molar-refractivity contribution >= 4 is 17.1 Å². The predicted octanol–water partition coefficient (Wildman–Crippen LogP) is 3.10. The van der Waals surface area contributed by atoms with Crippen molar-refractivity contribution in [3.8, 4) is 0 Å². The van der Waals surface area contributed by atoms with Gasteiger partial charge in [-0.25, -0.2) is 0 Å². The van der Waals surface area contributed by atoms with E-state index in [1.54, 1.807) is 0 Å². The Kier molecular flexibility index (Phi) is 3.80. The van der Waals surface area contributed by atoms with Gasteiger partial charge in [-0.3, -0.25) is 9.69 Å². The van der Waals surface area contributed by atoms with E-state index < -0.39 is 0 Å². The Morgan fingerprint density at radius 2 is 2.32 bits per heavy atom. The van der Waals surface area contributed by atoms with Crippen LogP contribution in [-0.2, 0) is 6.54 Å². The molecule has 1 unspecified atom stereocenters. The van der Waals surface area contributed by atoms with Crippen LogP contribution in [0.15, 0.2) is 22.0 Å². The summed E-state index contributed by atoms with van der Waals surface area (Å²) >= 11 is 1.53. The predicted molar refractivity (Wildman–Crippen MR) is 82.9 cm³/mol. The van der Waals surface area contributed by atoms with E-state index in [9.17, 15) is 4.79 Å². The number of nitrogens with zero attached hydrogens (tertiary/aromatic N) is 3. The van der Waals surface area contributed by atoms with Crippen LogP contribution in [0, 0.1) is 5.92 Å². The average molecular weight is 317 g/mol. The van der Waals surface area contributed by atoms with Crippen LogP contribution < -0.4 is 0 Å². The van der Waals surface area contributed by atoms with Crippen LogP contribution in [0.5, 0.6) is 0 Å². The van der Waals surface area contributed by atoms with Crippen molar-refractivity contribution < 1.29 is 9.32 Å². The van der Waals surface area contributed by atoms with E-state index >= 15 is 0 Å². The normalized spacial score (nSPS) is 22.8. The molecule has 1 aliphatic carbocycles. The van der Waals surface area contributed by atoms with Crippen LogP contribution in [-0.4, -0.2) is 33.9 Å². The minimum atomic E-state index is 0.0956. The summed E-state index contributed by atoms with van der Waals surface area (Å²) in [6.07, 6.45) is 4.38. The first-order valence-corrected chi connectivity index (χ1v) is 8.80. The zero-order valence-corrected chi connectivity index (χ0v) is 13.2. The smallest absolute Gasteiger partial charge is 0.240 e. The van der Waals surface area contributed by atoms with Crippen molar-refractivity contribution in [3.05, 3.63) is 34.1 Å². The van der Waals surface area contributed by atoms with Crippen molar-refractivity contribution in [1.29, 1.82) is 0 Å². The molecule has 22 heavy (non-hydrogen) atoms. The largest absolute Gasteiger partial charge is 0.338 e. The second-order valence-corrected chi connectivity index (χ2v) is 7.18. The van der Waals surface area contributed by atoms with E-state index in [-0.39, 0.29) is 11.7 Å². The maximum atomic E-state index is 12.5. The molecule has 0 amide bonds. The summed E-state index contributed by atoms with van der Waals surface area (Å²) in [5.41, 5.74) is 0. The number of thiophene rings is 1. The number of aromatic nitrogens is 2. The number of hydrogen-bond donors (Lipinski definition) is 0. The van der Waals surface area contributed by atoms with Crippen molar-refractivity contribution in [3.63, 3.8) is 0 Å². The maximum absolute atomic E-state index is 12.5. The minimum absolute atomic E-state index is 0.0956. The molecular weight excluding hydrogens is 298 g/mol. The molecule has 5 nitrogen and oxygen atoms in total. The number of rotatable bonds is 5. The van der Waals surface area contributed by atoms with E-state index in [1.807, 2.05) is 17.5 Å². The summed E-state index contributed by atoms with van der Waals surface area (Å²) < 4.78 is 5.35. The van der Waals surface area contributed by atoms with Crippen LogP contribution in [0.1, 0.15) is 53.0 Å². The second-order valence-electron chi connectivity index (χ2n) is 6.24. The Morgan fingerprint density at radius 3 is 3.09 bits per heavy atom. The number of carbonyl (C=O) groups excluding carboxylic acids is 1. The van der Waals surface area contributed by atoms with E-state index in [0.29, 0.717) is 18.4 Å². The van der Waals surface area contributed by atoms with Gasteiger partial charge in [0.2, 0.25) is 5.89 Å². The lowest BCUT2D eigenvalue weighted by molar-refractivity contribution is 0.0801. The van der Waals surface area contributed by atoms with E-state index in [0.717, 1.165) is 36.6 Å². The summed E-state index contributed by atoms with van der Waals surface area (Å²) in [5.74, 6) is 2.44. The zero-order valence-electron chi connectivity index (χ0n) is 12.4. The molecule has 1 atom stereocenters. The SMILES string of the molecule is O=C(c1cccs1)C1CCCN(Cc2nc(C3CC3)no2)C1. The van der Waals surface area contributed by atoms with Gasteiger partial charge in [0.25, 0.3) is 0 Å². The first kappa shape index (κ1) is 14.1. The molecule has 2 aliphatic rings. The third-order valence-corrected chi connectivity index (χ3v) is 5.31. The highest BCUT2D eigenvalue weighted by Gasteiger charge is 2.30. The molecule has 2 aromatic rings. The summed E-state index contributed by atoms with van der Waals surface area (Å²) in [6.45, 7) is 2.45. The first-order chi connectivity index (χ1) is 10.8. The standard InChI is InChI=1S/C16H19N3O2S/c20-15(13-4-2-8-22-13)12-3-1-7-19(9-12)10-14-17-16(18-21-14)11-5-6-11/h2,4,8,11-12H,1,3,5-7,9-10H2. The van der Waals surface area contributed by atoms with Crippen LogP contribution in [0.3, 0.4) is 0 Å². The molecular formula is C16H19N3O2S. The van der Waals surface area contributed by atoms with Gasteiger partial charge in [-0.05, 0) is 43.7 Å². The lowest BCUT2D eigenvalue weighted by Crippen LogP contribution is -2.38. The molecule has 116 valence electrons. The Bertz CT molecular complexity index is 648. The molecule has 1 aliphatic heterocycles. The summed E-state index contributed by atoms with van der Waals surface area (Å²) in [7, 11) is 0. The van der Waals surface area contributed by atoms with Crippen LogP contribution in [0.4, 0.5) is 0 Å². The quantitative estimate of drug-likeness (QED) is 0.793. The molecule has 0 spiro atoms. The van der Waals surface area contributed by atoms with Gasteiger partial charge in [-0.1, -0.05) is 11.2 Å². The van der Waals surface area contributed by atoms with E-state index in [2.05, 4.69) is 15.0 Å². The van der Waals surface area contributed by atoms with Crippen molar-refractivity contribution in [1.82, 2.24) is 15.0 Å². The van der Waals surface area contributed by atoms with E-state index in [1.165, 1.54) is 24.2 Å². The van der Waals surface area contributed by atoms with Crippen molar-refractivity contribution in [2.24, 2.45) is 5.92 Å². The Balaban J connectivity index is 1.38. The summed E-state index contributed by atoms with van der Waals surface area (Å²) in [5, 5.41) is 6.02. The van der Waals surface area contributed by atoms with Gasteiger partial charge < -0.3 is 4.52 Å². The van der Waals surface area contributed by atoms with Gasteiger partial charge >= 0.3 is 0 Å². The van der Waals surface area contributed by atoms with Crippen molar-refractivity contribution in [2.75, 3.05) is 13.1 Å². The Hall–Kier alpha value is -1.53. The summed E-state index contributed by atoms with van der Waals surface area (Å²) in [4.78, 5) is 20.1. The average Bonchev–Trinajstić information content (AvgIpc) is 3.05. The lowest BCUT2D eigenvalue weighted by Gasteiger charge is -2.30. The first-order valence-electron chi connectivity index (χ1n) is 7.92. The lowest BCUT2D eigenvalue weighted by atomic mass is 9.93. The third-order valence-electron chi connectivity index (χ3n) is 4.43. The molecule has 0 bridgehead atoms. The zero-order chi connectivity index (χ0) is 14.9. The number of hydrogen-bond acceptors (Lipinski definition) is 6. The highest BCUT2D eigenvalue weighted by Crippen LogP contribution is 2.38. The van der Waals surface area contributed by atoms with Crippen molar-refractivity contribution in [2.45, 2.75) is 38.1 Å². The van der Waals surface area contributed by atoms with Crippen LogP contribution >= 0.6 is 11.3 Å². The molecule has 0 N–H and O–H groups in total. The molecule has 4 rings (SSSR count). The molecule has 6 heteroatoms. The fraction of sp³-hybridized carbons (Fsp3) is 0.562. The van der Waals surface area contributed by atoms with E-state index in [4.69, 9.17) is 4.52 Å². The molecule has 0 radical (unpaired) electrons. The van der Waals surface area contributed by atoms with Gasteiger partial charge in [0, 0.05) is 18.4 Å². The number of piperidine rings is 1. The number of Topliss-reactive ketones (excluding diaryl/α,β-unsaturated/α-hetero) is 1. The molecule has 2 fully saturated rings. The second kappa shape index (κ2) is 5.93. The van der Waals surface area contributed by atoms with Gasteiger partial charge in [0.05, 0.1) is 11.4 Å². The highest BCUT2D eigenvalue weighted by molar-refractivity contribution is 7.12. The monoisotopic (exact) mass is 317 g/mol. The molecule has 3 heterocycles. The minimum Gasteiger partial charge on any atom is -0.338 e. The highest BCUT2D eigenvalue weighted by atomic mass is 32.1. The number of ketones is 1. The molecule has 1 saturated heterocycles. The van der Waals surface area contributed by atoms with Gasteiger partial charge in [0.15, 0.2) is 11.6 Å².